The average molecular weight is 568 g/mol. The van der Waals surface area contributed by atoms with Gasteiger partial charge in [0.2, 0.25) is 0 Å². The quantitative estimate of drug-likeness (QED) is 0.220. The van der Waals surface area contributed by atoms with Gasteiger partial charge in [0.05, 0.1) is 18.2 Å². The van der Waals surface area contributed by atoms with Gasteiger partial charge in [0, 0.05) is 17.7 Å². The van der Waals surface area contributed by atoms with E-state index in [0.717, 1.165) is 29.8 Å². The highest BCUT2D eigenvalue weighted by molar-refractivity contribution is 5.77. The maximum Gasteiger partial charge on any atom is 0.416 e. The van der Waals surface area contributed by atoms with Crippen LogP contribution in [0.4, 0.5) is 31.1 Å². The summed E-state index contributed by atoms with van der Waals surface area (Å²) in [6.45, 7) is 4.84. The lowest BCUT2D eigenvalue weighted by Gasteiger charge is -2.19. The molecule has 0 aliphatic rings. The molecule has 0 saturated heterocycles. The number of carbonyl (C=O) groups excluding carboxylic acids is 2. The van der Waals surface area contributed by atoms with Crippen LogP contribution in [0.2, 0.25) is 0 Å². The molecule has 5 nitrogen and oxygen atoms in total. The van der Waals surface area contributed by atoms with Crippen molar-refractivity contribution in [2.75, 3.05) is 7.11 Å². The Kier molecular flexibility index (Phi) is 9.17. The van der Waals surface area contributed by atoms with Crippen molar-refractivity contribution in [1.82, 2.24) is 5.32 Å². The van der Waals surface area contributed by atoms with Gasteiger partial charge >= 0.3 is 18.4 Å². The first-order valence-electron chi connectivity index (χ1n) is 12.1. The topological polar surface area (TPSA) is 64.6 Å². The minimum absolute atomic E-state index is 0.0814. The summed E-state index contributed by atoms with van der Waals surface area (Å²) < 4.78 is 90.8. The van der Waals surface area contributed by atoms with Gasteiger partial charge in [0.25, 0.3) is 0 Å². The van der Waals surface area contributed by atoms with E-state index in [1.807, 2.05) is 19.9 Å². The number of hydrogen-bond acceptors (Lipinski definition) is 4. The van der Waals surface area contributed by atoms with Gasteiger partial charge in [-0.2, -0.15) is 26.3 Å². The summed E-state index contributed by atoms with van der Waals surface area (Å²) in [4.78, 5) is 23.7. The number of benzene rings is 3. The first-order valence-corrected chi connectivity index (χ1v) is 12.1. The van der Waals surface area contributed by atoms with Crippen molar-refractivity contribution in [2.24, 2.45) is 0 Å². The second kappa shape index (κ2) is 12.0. The lowest BCUT2D eigenvalue weighted by molar-refractivity contribution is -0.138. The summed E-state index contributed by atoms with van der Waals surface area (Å²) in [6, 6.07) is 11.1. The smallest absolute Gasteiger partial charge is 0.416 e. The number of amides is 1. The standard InChI is InChI=1S/C29H27F6NO4/c1-16(2)19-5-8-26(39-4)25(13-19)24-7-6-22(28(30,31)32)12-21(24)14-36-27(38)40-17(3)20-9-18(15-37)10-23(11-20)29(33,34)35/h5-13,15-17H,14H2,1-4H3,(H,36,38). The zero-order valence-electron chi connectivity index (χ0n) is 22.0. The average Bonchev–Trinajstić information content (AvgIpc) is 2.89. The van der Waals surface area contributed by atoms with Gasteiger partial charge in [-0.1, -0.05) is 26.0 Å². The van der Waals surface area contributed by atoms with Gasteiger partial charge in [-0.15, -0.1) is 0 Å². The van der Waals surface area contributed by atoms with Crippen molar-refractivity contribution in [3.63, 3.8) is 0 Å². The Morgan fingerprint density at radius 3 is 2.10 bits per heavy atom. The summed E-state index contributed by atoms with van der Waals surface area (Å²) in [6.07, 6.45) is -11.4. The normalized spacial score (nSPS) is 12.7. The highest BCUT2D eigenvalue weighted by Gasteiger charge is 2.33. The number of alkyl carbamates (subject to hydrolysis) is 1. The van der Waals surface area contributed by atoms with Crippen molar-refractivity contribution in [3.05, 3.63) is 88.0 Å². The van der Waals surface area contributed by atoms with Crippen molar-refractivity contribution in [1.29, 1.82) is 0 Å². The lowest BCUT2D eigenvalue weighted by Crippen LogP contribution is -2.25. The first kappa shape index (κ1) is 30.5. The Morgan fingerprint density at radius 2 is 1.52 bits per heavy atom. The molecule has 0 heterocycles. The monoisotopic (exact) mass is 567 g/mol. The fourth-order valence-electron chi connectivity index (χ4n) is 4.05. The SMILES string of the molecule is COc1ccc(C(C)C)cc1-c1ccc(C(F)(F)F)cc1CNC(=O)OC(C)c1cc(C=O)cc(C(F)(F)F)c1. The van der Waals surface area contributed by atoms with E-state index in [0.29, 0.717) is 22.9 Å². The number of alkyl halides is 6. The van der Waals surface area contributed by atoms with Crippen molar-refractivity contribution >= 4 is 12.4 Å². The second-order valence-corrected chi connectivity index (χ2v) is 9.39. The molecule has 3 aromatic rings. The summed E-state index contributed by atoms with van der Waals surface area (Å²) in [5.41, 5.74) is -0.428. The van der Waals surface area contributed by atoms with Crippen LogP contribution in [0.5, 0.6) is 5.75 Å². The van der Waals surface area contributed by atoms with Crippen LogP contribution in [0.3, 0.4) is 0 Å². The number of halogens is 6. The van der Waals surface area contributed by atoms with E-state index in [1.165, 1.54) is 20.1 Å². The molecule has 0 aliphatic heterocycles. The largest absolute Gasteiger partial charge is 0.496 e. The van der Waals surface area contributed by atoms with Crippen LogP contribution < -0.4 is 10.1 Å². The van der Waals surface area contributed by atoms with E-state index >= 15 is 0 Å². The van der Waals surface area contributed by atoms with E-state index in [-0.39, 0.29) is 35.4 Å². The predicted molar refractivity (Wildman–Crippen MR) is 136 cm³/mol. The maximum absolute atomic E-state index is 13.5. The summed E-state index contributed by atoms with van der Waals surface area (Å²) in [5.74, 6) is 0.532. The molecule has 1 unspecified atom stereocenters. The molecule has 0 saturated carbocycles. The molecule has 1 amide bonds. The molecule has 1 N–H and O–H groups in total. The van der Waals surface area contributed by atoms with Crippen LogP contribution in [-0.2, 0) is 23.6 Å². The van der Waals surface area contributed by atoms with Crippen LogP contribution in [0.15, 0.2) is 54.6 Å². The van der Waals surface area contributed by atoms with E-state index < -0.39 is 35.7 Å². The maximum atomic E-state index is 13.5. The van der Waals surface area contributed by atoms with E-state index in [2.05, 4.69) is 5.32 Å². The molecule has 0 spiro atoms. The third-order valence-electron chi connectivity index (χ3n) is 6.23. The number of nitrogens with one attached hydrogen (secondary N) is 1. The van der Waals surface area contributed by atoms with Crippen LogP contribution in [-0.4, -0.2) is 19.5 Å². The van der Waals surface area contributed by atoms with E-state index in [1.54, 1.807) is 12.1 Å². The molecule has 3 rings (SSSR count). The Labute approximate surface area is 227 Å². The highest BCUT2D eigenvalue weighted by Crippen LogP contribution is 2.38. The van der Waals surface area contributed by atoms with Crippen LogP contribution in [0.25, 0.3) is 11.1 Å². The van der Waals surface area contributed by atoms with Gasteiger partial charge in [-0.25, -0.2) is 4.79 Å². The lowest BCUT2D eigenvalue weighted by atomic mass is 9.92. The molecule has 40 heavy (non-hydrogen) atoms. The molecule has 0 bridgehead atoms. The Bertz CT molecular complexity index is 1380. The van der Waals surface area contributed by atoms with Gasteiger partial charge < -0.3 is 14.8 Å². The first-order chi connectivity index (χ1) is 18.6. The number of methoxy groups -OCH3 is 1. The van der Waals surface area contributed by atoms with Crippen LogP contribution in [0, 0.1) is 0 Å². The molecule has 0 aromatic heterocycles. The minimum Gasteiger partial charge on any atom is -0.496 e. The molecule has 3 aromatic carbocycles. The summed E-state index contributed by atoms with van der Waals surface area (Å²) >= 11 is 0. The predicted octanol–water partition coefficient (Wildman–Crippen LogP) is 8.32. The zero-order chi connectivity index (χ0) is 29.8. The van der Waals surface area contributed by atoms with Crippen LogP contribution in [0.1, 0.15) is 71.0 Å². The molecular weight excluding hydrogens is 540 g/mol. The fraction of sp³-hybridized carbons (Fsp3) is 0.310. The molecule has 0 radical (unpaired) electrons. The second-order valence-electron chi connectivity index (χ2n) is 9.39. The van der Waals surface area contributed by atoms with E-state index in [9.17, 15) is 35.9 Å². The molecule has 214 valence electrons. The van der Waals surface area contributed by atoms with Gasteiger partial charge in [0.1, 0.15) is 18.1 Å². The molecule has 0 aliphatic carbocycles. The number of ether oxygens (including phenoxy) is 2. The fourth-order valence-corrected chi connectivity index (χ4v) is 4.05. The van der Waals surface area contributed by atoms with Gasteiger partial charge in [-0.05, 0) is 77.6 Å². The molecule has 11 heteroatoms. The van der Waals surface area contributed by atoms with Crippen molar-refractivity contribution in [2.45, 2.75) is 51.7 Å². The van der Waals surface area contributed by atoms with Gasteiger partial charge in [-0.3, -0.25) is 4.79 Å². The van der Waals surface area contributed by atoms with Crippen LogP contribution >= 0.6 is 0 Å². The van der Waals surface area contributed by atoms with Crippen molar-refractivity contribution in [3.8, 4) is 16.9 Å². The third kappa shape index (κ3) is 7.34. The molecular formula is C29H27F6NO4. The number of hydrogen-bond donors (Lipinski definition) is 1. The molecule has 0 fully saturated rings. The highest BCUT2D eigenvalue weighted by atomic mass is 19.4. The third-order valence-corrected chi connectivity index (χ3v) is 6.23. The number of aldehydes is 1. The number of carbonyl (C=O) groups is 2. The number of rotatable bonds is 8. The Morgan fingerprint density at radius 1 is 0.850 bits per heavy atom. The zero-order valence-corrected chi connectivity index (χ0v) is 22.0. The summed E-state index contributed by atoms with van der Waals surface area (Å²) in [7, 11) is 1.43. The Hall–Kier alpha value is -4.02. The Balaban J connectivity index is 1.90. The van der Waals surface area contributed by atoms with Crippen molar-refractivity contribution < 1.29 is 45.4 Å². The minimum atomic E-state index is -4.73. The van der Waals surface area contributed by atoms with E-state index in [4.69, 9.17) is 9.47 Å². The summed E-state index contributed by atoms with van der Waals surface area (Å²) in [5, 5.41) is 2.38. The molecule has 1 atom stereocenters. The van der Waals surface area contributed by atoms with Gasteiger partial charge in [0.15, 0.2) is 0 Å².